The number of piperazine rings is 1. The normalized spacial score (nSPS) is 24.6. The lowest BCUT2D eigenvalue weighted by atomic mass is 9.98. The van der Waals surface area contributed by atoms with Crippen molar-refractivity contribution in [1.29, 1.82) is 0 Å². The molecule has 2 N–H and O–H groups in total. The predicted octanol–water partition coefficient (Wildman–Crippen LogP) is 0.841. The van der Waals surface area contributed by atoms with Crippen LogP contribution < -0.4 is 15.4 Å². The van der Waals surface area contributed by atoms with Crippen molar-refractivity contribution in [1.82, 2.24) is 20.4 Å². The molecule has 3 rings (SSSR count). The molecule has 0 spiro atoms. The fourth-order valence-electron chi connectivity index (χ4n) is 3.73. The van der Waals surface area contributed by atoms with Gasteiger partial charge in [0.25, 0.3) is 0 Å². The van der Waals surface area contributed by atoms with Crippen molar-refractivity contribution >= 4 is 11.8 Å². The van der Waals surface area contributed by atoms with Crippen LogP contribution in [-0.2, 0) is 16.1 Å². The van der Waals surface area contributed by atoms with Gasteiger partial charge in [-0.25, -0.2) is 0 Å². The first-order valence-electron chi connectivity index (χ1n) is 10.1. The van der Waals surface area contributed by atoms with Crippen LogP contribution in [0.1, 0.15) is 25.8 Å². The van der Waals surface area contributed by atoms with Gasteiger partial charge in [-0.2, -0.15) is 0 Å². The summed E-state index contributed by atoms with van der Waals surface area (Å²) in [6.45, 7) is 6.76. The third kappa shape index (κ3) is 4.83. The number of rotatable bonds is 8. The highest BCUT2D eigenvalue weighted by Gasteiger charge is 2.46. The Morgan fingerprint density at radius 1 is 1.25 bits per heavy atom. The molecule has 0 bridgehead atoms. The Morgan fingerprint density at radius 2 is 1.96 bits per heavy atom. The SMILES string of the molecule is CC(C)[C@H]1NC(=O)[C@@H]2C[C@H](NCc3ccc(OCCN(C)C)cc3)CN2C1=O. The maximum absolute atomic E-state index is 12.6. The fraction of sp³-hybridized carbons (Fsp3) is 0.619. The van der Waals surface area contributed by atoms with Crippen LogP contribution in [-0.4, -0.2) is 73.5 Å². The zero-order chi connectivity index (χ0) is 20.3. The fourth-order valence-corrected chi connectivity index (χ4v) is 3.73. The number of ether oxygens (including phenoxy) is 1. The number of hydrogen-bond acceptors (Lipinski definition) is 5. The minimum atomic E-state index is -0.400. The molecular formula is C21H32N4O3. The van der Waals surface area contributed by atoms with Crippen molar-refractivity contribution in [2.24, 2.45) is 5.92 Å². The van der Waals surface area contributed by atoms with Crippen LogP contribution in [0.4, 0.5) is 0 Å². The predicted molar refractivity (Wildman–Crippen MR) is 108 cm³/mol. The Balaban J connectivity index is 1.49. The average Bonchev–Trinajstić information content (AvgIpc) is 3.09. The molecule has 0 aliphatic carbocycles. The highest BCUT2D eigenvalue weighted by atomic mass is 16.5. The van der Waals surface area contributed by atoms with Crippen molar-refractivity contribution in [3.63, 3.8) is 0 Å². The number of nitrogens with one attached hydrogen (secondary N) is 2. The molecule has 2 amide bonds. The summed E-state index contributed by atoms with van der Waals surface area (Å²) in [5.41, 5.74) is 1.15. The largest absolute Gasteiger partial charge is 0.492 e. The lowest BCUT2D eigenvalue weighted by molar-refractivity contribution is -0.148. The van der Waals surface area contributed by atoms with Gasteiger partial charge in [0.1, 0.15) is 24.4 Å². The Bertz CT molecular complexity index is 689. The monoisotopic (exact) mass is 388 g/mol. The molecule has 0 radical (unpaired) electrons. The Labute approximate surface area is 167 Å². The van der Waals surface area contributed by atoms with Crippen LogP contribution in [0.2, 0.25) is 0 Å². The average molecular weight is 389 g/mol. The van der Waals surface area contributed by atoms with Crippen LogP contribution in [0.3, 0.4) is 0 Å². The minimum absolute atomic E-state index is 0.0261. The van der Waals surface area contributed by atoms with E-state index in [0.717, 1.165) is 17.9 Å². The first-order valence-corrected chi connectivity index (χ1v) is 10.1. The number of carbonyl (C=O) groups excluding carboxylic acids is 2. The molecule has 2 aliphatic rings. The molecule has 0 saturated carbocycles. The van der Waals surface area contributed by atoms with E-state index in [1.165, 1.54) is 0 Å². The van der Waals surface area contributed by atoms with Crippen molar-refractivity contribution in [3.05, 3.63) is 29.8 Å². The second-order valence-corrected chi connectivity index (χ2v) is 8.35. The second-order valence-electron chi connectivity index (χ2n) is 8.35. The minimum Gasteiger partial charge on any atom is -0.492 e. The standard InChI is InChI=1S/C21H32N4O3/c1-14(2)19-21(27)25-13-16(11-18(25)20(26)23-19)22-12-15-5-7-17(8-6-15)28-10-9-24(3)4/h5-8,14,16,18-19,22H,9-13H2,1-4H3,(H,23,26)/t16-,18-,19+/m0/s1. The Hall–Kier alpha value is -2.12. The first-order chi connectivity index (χ1) is 13.3. The van der Waals surface area contributed by atoms with Crippen LogP contribution in [0.25, 0.3) is 0 Å². The Kier molecular flexibility index (Phi) is 6.57. The van der Waals surface area contributed by atoms with E-state index >= 15 is 0 Å². The van der Waals surface area contributed by atoms with Crippen LogP contribution in [0, 0.1) is 5.92 Å². The van der Waals surface area contributed by atoms with Gasteiger partial charge in [0.05, 0.1) is 0 Å². The molecule has 3 atom stereocenters. The van der Waals surface area contributed by atoms with Gasteiger partial charge in [0.2, 0.25) is 11.8 Å². The number of hydrogen-bond donors (Lipinski definition) is 2. The molecule has 1 aromatic carbocycles. The maximum Gasteiger partial charge on any atom is 0.246 e. The molecule has 2 fully saturated rings. The lowest BCUT2D eigenvalue weighted by Crippen LogP contribution is -2.62. The van der Waals surface area contributed by atoms with Crippen molar-refractivity contribution in [3.8, 4) is 5.75 Å². The van der Waals surface area contributed by atoms with Crippen LogP contribution in [0.15, 0.2) is 24.3 Å². The van der Waals surface area contributed by atoms with E-state index in [9.17, 15) is 9.59 Å². The molecule has 154 valence electrons. The molecule has 0 unspecified atom stereocenters. The highest BCUT2D eigenvalue weighted by Crippen LogP contribution is 2.25. The molecule has 2 saturated heterocycles. The van der Waals surface area contributed by atoms with Gasteiger partial charge in [-0.3, -0.25) is 9.59 Å². The zero-order valence-electron chi connectivity index (χ0n) is 17.3. The summed E-state index contributed by atoms with van der Waals surface area (Å²) in [6, 6.07) is 7.44. The smallest absolute Gasteiger partial charge is 0.246 e. The first kappa shape index (κ1) is 20.6. The zero-order valence-corrected chi connectivity index (χ0v) is 17.3. The van der Waals surface area contributed by atoms with Gasteiger partial charge >= 0.3 is 0 Å². The third-order valence-electron chi connectivity index (χ3n) is 5.44. The molecular weight excluding hydrogens is 356 g/mol. The summed E-state index contributed by atoms with van der Waals surface area (Å²) in [5, 5.41) is 6.38. The van der Waals surface area contributed by atoms with E-state index in [1.54, 1.807) is 4.90 Å². The Morgan fingerprint density at radius 3 is 2.61 bits per heavy atom. The summed E-state index contributed by atoms with van der Waals surface area (Å²) in [5.74, 6) is 0.985. The molecule has 28 heavy (non-hydrogen) atoms. The van der Waals surface area contributed by atoms with E-state index in [2.05, 4.69) is 15.5 Å². The molecule has 1 aromatic rings. The van der Waals surface area contributed by atoms with Gasteiger partial charge < -0.3 is 25.2 Å². The number of likely N-dealkylation sites (N-methyl/N-ethyl adjacent to an activating group) is 1. The van der Waals surface area contributed by atoms with Crippen molar-refractivity contribution in [2.75, 3.05) is 33.8 Å². The van der Waals surface area contributed by atoms with Gasteiger partial charge in [0, 0.05) is 25.7 Å². The molecule has 0 aromatic heterocycles. The van der Waals surface area contributed by atoms with Gasteiger partial charge in [-0.15, -0.1) is 0 Å². The number of carbonyl (C=O) groups is 2. The lowest BCUT2D eigenvalue weighted by Gasteiger charge is -2.36. The molecule has 2 aliphatic heterocycles. The van der Waals surface area contributed by atoms with Gasteiger partial charge in [-0.1, -0.05) is 26.0 Å². The van der Waals surface area contributed by atoms with Gasteiger partial charge in [-0.05, 0) is 44.1 Å². The van der Waals surface area contributed by atoms with Crippen molar-refractivity contribution < 1.29 is 14.3 Å². The van der Waals surface area contributed by atoms with E-state index in [0.29, 0.717) is 26.1 Å². The highest BCUT2D eigenvalue weighted by molar-refractivity contribution is 5.97. The quantitative estimate of drug-likeness (QED) is 0.690. The van der Waals surface area contributed by atoms with Gasteiger partial charge in [0.15, 0.2) is 0 Å². The third-order valence-corrected chi connectivity index (χ3v) is 5.44. The van der Waals surface area contributed by atoms with E-state index in [4.69, 9.17) is 4.74 Å². The number of benzene rings is 1. The molecule has 7 nitrogen and oxygen atoms in total. The second kappa shape index (κ2) is 8.92. The topological polar surface area (TPSA) is 73.9 Å². The van der Waals surface area contributed by atoms with Crippen molar-refractivity contribution in [2.45, 2.75) is 44.9 Å². The van der Waals surface area contributed by atoms with Crippen LogP contribution >= 0.6 is 0 Å². The summed E-state index contributed by atoms with van der Waals surface area (Å²) in [6.07, 6.45) is 0.661. The molecule has 7 heteroatoms. The summed E-state index contributed by atoms with van der Waals surface area (Å²) in [7, 11) is 4.04. The summed E-state index contributed by atoms with van der Waals surface area (Å²) in [4.78, 5) is 28.9. The van der Waals surface area contributed by atoms with Crippen LogP contribution in [0.5, 0.6) is 5.75 Å². The maximum atomic E-state index is 12.6. The molecule has 2 heterocycles. The van der Waals surface area contributed by atoms with E-state index < -0.39 is 6.04 Å². The van der Waals surface area contributed by atoms with E-state index in [1.807, 2.05) is 52.2 Å². The number of amides is 2. The number of nitrogens with zero attached hydrogens (tertiary/aromatic N) is 2. The summed E-state index contributed by atoms with van der Waals surface area (Å²) >= 11 is 0. The van der Waals surface area contributed by atoms with E-state index in [-0.39, 0.29) is 29.8 Å². The number of fused-ring (bicyclic) bond motifs is 1. The summed E-state index contributed by atoms with van der Waals surface area (Å²) < 4.78 is 5.72.